The number of aliphatic imine (C=N–C) groups is 1. The van der Waals surface area contributed by atoms with Crippen molar-refractivity contribution in [3.8, 4) is 0 Å². The van der Waals surface area contributed by atoms with Crippen LogP contribution in [0.15, 0.2) is 64.9 Å². The van der Waals surface area contributed by atoms with Crippen LogP contribution in [0.4, 0.5) is 10.1 Å². The fourth-order valence-electron chi connectivity index (χ4n) is 8.58. The van der Waals surface area contributed by atoms with Crippen molar-refractivity contribution in [2.24, 2.45) is 16.3 Å². The second-order valence-corrected chi connectivity index (χ2v) is 17.6. The number of likely N-dealkylation sites (tertiary alicyclic amines) is 1. The van der Waals surface area contributed by atoms with Gasteiger partial charge in [-0.1, -0.05) is 111 Å². The van der Waals surface area contributed by atoms with Crippen LogP contribution in [0.2, 0.25) is 0 Å². The van der Waals surface area contributed by atoms with Crippen LogP contribution < -0.4 is 4.90 Å². The second kappa shape index (κ2) is 20.3. The minimum absolute atomic E-state index is 0.128. The maximum atomic E-state index is 14.5. The van der Waals surface area contributed by atoms with Gasteiger partial charge >= 0.3 is 0 Å². The lowest BCUT2D eigenvalue weighted by Gasteiger charge is -2.38. The third-order valence-electron chi connectivity index (χ3n) is 12.8. The Kier molecular flexibility index (Phi) is 16.5. The summed E-state index contributed by atoms with van der Waals surface area (Å²) in [6, 6.07) is 14.0. The molecule has 3 nitrogen and oxygen atoms in total. The molecule has 0 aromatic heterocycles. The predicted octanol–water partition coefficient (Wildman–Crippen LogP) is 14.1. The van der Waals surface area contributed by atoms with Gasteiger partial charge in [-0.15, -0.1) is 0 Å². The van der Waals surface area contributed by atoms with Gasteiger partial charge in [0.15, 0.2) is 0 Å². The lowest BCUT2D eigenvalue weighted by molar-refractivity contribution is 0.260. The molecule has 2 fully saturated rings. The smallest absolute Gasteiger partial charge is 0.126 e. The van der Waals surface area contributed by atoms with Gasteiger partial charge in [0.1, 0.15) is 5.82 Å². The minimum atomic E-state index is -0.128. The SMILES string of the molecule is C/C=C(\CN1CC(c2ccc(C(C)C)c(CCC)c2)CC1CCC1=NC=C(C)C(C)C1)N(c1ccc(F)c(C)c1)C(CCC)CCC.CCC1(C)CC1. The van der Waals surface area contributed by atoms with Crippen LogP contribution in [0.3, 0.4) is 0 Å². The quantitative estimate of drug-likeness (QED) is 0.162. The standard InChI is InChI=1S/C43H64FN3.C6H12/c1-10-14-35-25-34(17-21-42(35)30(5)6)36-26-40(19-18-37-23-31(7)33(9)27-45-37)46(28-36)29-38(13-4)47(39(15-11-2)16-12-3)41-20-22-43(44)32(8)24-41;1-3-6(2)4-5-6/h13,17,20-22,24-25,27,30-31,36,39-40H,10-12,14-16,18-19,23,26,28-29H2,1-9H3;3-5H2,1-2H3/b38-13+;. The van der Waals surface area contributed by atoms with Gasteiger partial charge < -0.3 is 4.90 Å². The summed E-state index contributed by atoms with van der Waals surface area (Å²) < 4.78 is 14.5. The van der Waals surface area contributed by atoms with E-state index >= 15 is 0 Å². The molecule has 5 rings (SSSR count). The Balaban J connectivity index is 0.000000948. The Morgan fingerprint density at radius 3 is 2.26 bits per heavy atom. The van der Waals surface area contributed by atoms with Crippen LogP contribution in [-0.2, 0) is 6.42 Å². The summed E-state index contributed by atoms with van der Waals surface area (Å²) in [5.41, 5.74) is 11.3. The molecule has 0 bridgehead atoms. The first-order chi connectivity index (χ1) is 25.4. The van der Waals surface area contributed by atoms with E-state index in [0.29, 0.717) is 35.4 Å². The topological polar surface area (TPSA) is 18.8 Å². The molecule has 2 aromatic rings. The third kappa shape index (κ3) is 11.9. The first-order valence-electron chi connectivity index (χ1n) is 21.7. The molecule has 0 amide bonds. The van der Waals surface area contributed by atoms with Crippen molar-refractivity contribution in [1.82, 2.24) is 4.90 Å². The molecule has 53 heavy (non-hydrogen) atoms. The van der Waals surface area contributed by atoms with E-state index in [1.54, 1.807) is 6.07 Å². The van der Waals surface area contributed by atoms with E-state index < -0.39 is 0 Å². The normalized spacial score (nSPS) is 21.4. The van der Waals surface area contributed by atoms with Crippen molar-refractivity contribution in [3.05, 3.63) is 88.0 Å². The van der Waals surface area contributed by atoms with E-state index in [9.17, 15) is 4.39 Å². The van der Waals surface area contributed by atoms with Crippen LogP contribution in [0.5, 0.6) is 0 Å². The zero-order valence-corrected chi connectivity index (χ0v) is 35.8. The maximum Gasteiger partial charge on any atom is 0.126 e. The molecule has 1 aliphatic carbocycles. The summed E-state index contributed by atoms with van der Waals surface area (Å²) in [7, 11) is 0. The van der Waals surface area contributed by atoms with E-state index in [1.165, 1.54) is 65.8 Å². The summed E-state index contributed by atoms with van der Waals surface area (Å²) in [5, 5.41) is 0. The number of hydrogen-bond donors (Lipinski definition) is 0. The Bertz CT molecular complexity index is 1540. The molecule has 3 atom stereocenters. The zero-order chi connectivity index (χ0) is 38.7. The van der Waals surface area contributed by atoms with Crippen molar-refractivity contribution < 1.29 is 4.39 Å². The summed E-state index contributed by atoms with van der Waals surface area (Å²) in [5.74, 6) is 1.53. The van der Waals surface area contributed by atoms with Gasteiger partial charge in [-0.05, 0) is 142 Å². The van der Waals surface area contributed by atoms with E-state index in [2.05, 4.69) is 116 Å². The largest absolute Gasteiger partial charge is 0.341 e. The Morgan fingerprint density at radius 2 is 1.72 bits per heavy atom. The fraction of sp³-hybridized carbons (Fsp3) is 0.653. The van der Waals surface area contributed by atoms with E-state index in [0.717, 1.165) is 75.6 Å². The Labute approximate surface area is 325 Å². The van der Waals surface area contributed by atoms with E-state index in [4.69, 9.17) is 4.99 Å². The Morgan fingerprint density at radius 1 is 1.00 bits per heavy atom. The number of allylic oxidation sites excluding steroid dienone is 2. The monoisotopic (exact) mass is 726 g/mol. The lowest BCUT2D eigenvalue weighted by atomic mass is 9.87. The molecule has 2 aliphatic heterocycles. The minimum Gasteiger partial charge on any atom is -0.341 e. The number of benzene rings is 2. The molecule has 4 heteroatoms. The molecule has 2 aromatic carbocycles. The van der Waals surface area contributed by atoms with Crippen LogP contribution >= 0.6 is 0 Å². The van der Waals surface area contributed by atoms with Crippen LogP contribution in [-0.4, -0.2) is 35.8 Å². The molecule has 3 aliphatic rings. The molecule has 1 saturated heterocycles. The highest BCUT2D eigenvalue weighted by Crippen LogP contribution is 2.47. The van der Waals surface area contributed by atoms with Gasteiger partial charge in [0.25, 0.3) is 0 Å². The van der Waals surface area contributed by atoms with Crippen LogP contribution in [0.1, 0.15) is 180 Å². The number of halogens is 1. The third-order valence-corrected chi connectivity index (χ3v) is 12.8. The van der Waals surface area contributed by atoms with Gasteiger partial charge in [0.2, 0.25) is 0 Å². The van der Waals surface area contributed by atoms with E-state index in [-0.39, 0.29) is 5.82 Å². The molecule has 294 valence electrons. The maximum absolute atomic E-state index is 14.5. The van der Waals surface area contributed by atoms with Crippen LogP contribution in [0.25, 0.3) is 0 Å². The van der Waals surface area contributed by atoms with Gasteiger partial charge in [0.05, 0.1) is 0 Å². The molecular weight excluding hydrogens is 650 g/mol. The highest BCUT2D eigenvalue weighted by molar-refractivity contribution is 5.86. The first-order valence-corrected chi connectivity index (χ1v) is 21.7. The average Bonchev–Trinajstić information content (AvgIpc) is 3.76. The molecule has 0 radical (unpaired) electrons. The van der Waals surface area contributed by atoms with Gasteiger partial charge in [0, 0.05) is 48.5 Å². The molecule has 2 heterocycles. The van der Waals surface area contributed by atoms with Crippen molar-refractivity contribution >= 4 is 11.4 Å². The number of hydrogen-bond acceptors (Lipinski definition) is 3. The molecule has 3 unspecified atom stereocenters. The number of aryl methyl sites for hydroxylation is 2. The summed E-state index contributed by atoms with van der Waals surface area (Å²) >= 11 is 0. The second-order valence-electron chi connectivity index (χ2n) is 17.6. The first kappa shape index (κ1) is 43.0. The highest BCUT2D eigenvalue weighted by Gasteiger charge is 2.36. The van der Waals surface area contributed by atoms with Crippen LogP contribution in [0, 0.1) is 24.1 Å². The zero-order valence-electron chi connectivity index (χ0n) is 35.8. The van der Waals surface area contributed by atoms with Gasteiger partial charge in [-0.25, -0.2) is 4.39 Å². The van der Waals surface area contributed by atoms with Crippen molar-refractivity contribution in [1.29, 1.82) is 0 Å². The number of rotatable bonds is 17. The van der Waals surface area contributed by atoms with Gasteiger partial charge in [-0.2, -0.15) is 0 Å². The predicted molar refractivity (Wildman–Crippen MR) is 230 cm³/mol. The van der Waals surface area contributed by atoms with Crippen molar-refractivity contribution in [2.75, 3.05) is 18.0 Å². The lowest BCUT2D eigenvalue weighted by Crippen LogP contribution is -2.41. The number of nitrogens with zero attached hydrogens (tertiary/aromatic N) is 3. The average molecular weight is 726 g/mol. The summed E-state index contributed by atoms with van der Waals surface area (Å²) in [4.78, 5) is 10.2. The molecular formula is C49H76FN3. The summed E-state index contributed by atoms with van der Waals surface area (Å²) in [6.45, 7) is 26.8. The van der Waals surface area contributed by atoms with Crippen molar-refractivity contribution in [2.45, 2.75) is 184 Å². The highest BCUT2D eigenvalue weighted by atomic mass is 19.1. The molecule has 0 N–H and O–H groups in total. The molecule has 0 spiro atoms. The van der Waals surface area contributed by atoms with Gasteiger partial charge in [-0.3, -0.25) is 9.89 Å². The number of anilines is 1. The van der Waals surface area contributed by atoms with Crippen molar-refractivity contribution in [3.63, 3.8) is 0 Å². The van der Waals surface area contributed by atoms with E-state index in [1.807, 2.05) is 13.0 Å². The summed E-state index contributed by atoms with van der Waals surface area (Å²) in [6.07, 6.45) is 20.1. The fourth-order valence-corrected chi connectivity index (χ4v) is 8.58. The Hall–Kier alpha value is -2.72. The molecule has 1 saturated carbocycles.